The number of carboxylic acids is 1. The van der Waals surface area contributed by atoms with Crippen LogP contribution in [0.4, 0.5) is 10.1 Å². The second kappa shape index (κ2) is 12.5. The van der Waals surface area contributed by atoms with E-state index in [0.29, 0.717) is 23.4 Å². The number of hydrogen-bond acceptors (Lipinski definition) is 4. The molecule has 0 heterocycles. The van der Waals surface area contributed by atoms with E-state index in [1.807, 2.05) is 50.4 Å². The molecule has 6 heteroatoms. The highest BCUT2D eigenvalue weighted by Crippen LogP contribution is 2.45. The van der Waals surface area contributed by atoms with Gasteiger partial charge < -0.3 is 14.1 Å². The van der Waals surface area contributed by atoms with Crippen molar-refractivity contribution in [3.05, 3.63) is 77.7 Å². The van der Waals surface area contributed by atoms with E-state index in [9.17, 15) is 14.3 Å². The summed E-state index contributed by atoms with van der Waals surface area (Å²) in [6.07, 6.45) is 6.82. The molecule has 34 heavy (non-hydrogen) atoms. The lowest BCUT2D eigenvalue weighted by Gasteiger charge is -2.31. The minimum Gasteiger partial charge on any atom is -0.497 e. The number of nitrogens with zero attached hydrogens (tertiary/aromatic N) is 1. The minimum absolute atomic E-state index is 0.144. The van der Waals surface area contributed by atoms with E-state index >= 15 is 0 Å². The maximum atomic E-state index is 14.9. The highest BCUT2D eigenvalue weighted by atomic mass is 32.2. The molecule has 2 rings (SSSR count). The maximum absolute atomic E-state index is 14.9. The predicted octanol–water partition coefficient (Wildman–Crippen LogP) is 7.54. The summed E-state index contributed by atoms with van der Waals surface area (Å²) >= 11 is 1.53. The van der Waals surface area contributed by atoms with E-state index in [2.05, 4.69) is 17.5 Å². The Morgan fingerprint density at radius 2 is 1.88 bits per heavy atom. The molecule has 0 aliphatic heterocycles. The van der Waals surface area contributed by atoms with Crippen LogP contribution in [0.2, 0.25) is 0 Å². The standard InChI is InChI=1S/C28H34FNO3S/c1-8-10-11-16-30(34-7)28-18(3)23(17-25(31)32)27(21-12-14-22(33-6)15-13-21)20(5)26(28)19(4)24(29)9-2/h8-9,12-15H,1,4,10-11,16-17H2,2-3,5-7H3,(H,31,32)/b24-9+. The number of hydrogen-bond donors (Lipinski definition) is 1. The molecule has 0 aromatic heterocycles. The zero-order valence-electron chi connectivity index (χ0n) is 20.7. The van der Waals surface area contributed by atoms with Crippen LogP contribution in [0.15, 0.2) is 55.4 Å². The topological polar surface area (TPSA) is 49.8 Å². The van der Waals surface area contributed by atoms with Crippen molar-refractivity contribution in [1.29, 1.82) is 0 Å². The maximum Gasteiger partial charge on any atom is 0.307 e. The lowest BCUT2D eigenvalue weighted by molar-refractivity contribution is -0.136. The fourth-order valence-electron chi connectivity index (χ4n) is 4.22. The van der Waals surface area contributed by atoms with Gasteiger partial charge in [0.25, 0.3) is 0 Å². The van der Waals surface area contributed by atoms with Gasteiger partial charge in [-0.2, -0.15) is 0 Å². The van der Waals surface area contributed by atoms with E-state index in [4.69, 9.17) is 4.74 Å². The summed E-state index contributed by atoms with van der Waals surface area (Å²) in [5.41, 5.74) is 5.76. The number of unbranched alkanes of at least 4 members (excludes halogenated alkanes) is 1. The number of carbonyl (C=O) groups is 1. The van der Waals surface area contributed by atoms with Crippen LogP contribution < -0.4 is 9.04 Å². The fourth-order valence-corrected chi connectivity index (χ4v) is 4.94. The molecule has 0 radical (unpaired) electrons. The number of carboxylic acid groups (broad SMARTS) is 1. The summed E-state index contributed by atoms with van der Waals surface area (Å²) in [5.74, 6) is -0.616. The Morgan fingerprint density at radius 3 is 2.38 bits per heavy atom. The number of halogens is 1. The van der Waals surface area contributed by atoms with Crippen molar-refractivity contribution in [3.8, 4) is 16.9 Å². The van der Waals surface area contributed by atoms with Crippen LogP contribution in [0.5, 0.6) is 5.75 Å². The summed E-state index contributed by atoms with van der Waals surface area (Å²) in [5, 5.41) is 9.76. The molecular formula is C28H34FNO3S. The van der Waals surface area contributed by atoms with E-state index < -0.39 is 11.8 Å². The lowest BCUT2D eigenvalue weighted by Crippen LogP contribution is -2.21. The third-order valence-electron chi connectivity index (χ3n) is 5.89. The second-order valence-electron chi connectivity index (χ2n) is 7.96. The molecule has 0 spiro atoms. The van der Waals surface area contributed by atoms with Gasteiger partial charge >= 0.3 is 5.97 Å². The number of anilines is 1. The van der Waals surface area contributed by atoms with Gasteiger partial charge in [-0.3, -0.25) is 4.79 Å². The Hall–Kier alpha value is -2.99. The molecule has 0 amide bonds. The molecule has 0 aliphatic carbocycles. The molecule has 0 saturated carbocycles. The number of rotatable bonds is 12. The monoisotopic (exact) mass is 483 g/mol. The first-order valence-electron chi connectivity index (χ1n) is 11.2. The second-order valence-corrected chi connectivity index (χ2v) is 8.76. The van der Waals surface area contributed by atoms with E-state index in [1.54, 1.807) is 14.0 Å². The lowest BCUT2D eigenvalue weighted by atomic mass is 9.83. The first-order valence-corrected chi connectivity index (χ1v) is 12.4. The number of aliphatic carboxylic acids is 1. The van der Waals surface area contributed by atoms with Gasteiger partial charge in [-0.05, 0) is 73.6 Å². The molecule has 0 aliphatic rings. The molecule has 2 aromatic rings. The first kappa shape index (κ1) is 27.3. The van der Waals surface area contributed by atoms with Gasteiger partial charge in [0.1, 0.15) is 11.6 Å². The van der Waals surface area contributed by atoms with Gasteiger partial charge in [-0.1, -0.05) is 42.8 Å². The third-order valence-corrected chi connectivity index (χ3v) is 6.69. The average molecular weight is 484 g/mol. The molecule has 1 N–H and O–H groups in total. The van der Waals surface area contributed by atoms with Gasteiger partial charge in [0.15, 0.2) is 0 Å². The number of ether oxygens (including phenoxy) is 1. The Morgan fingerprint density at radius 1 is 1.24 bits per heavy atom. The minimum atomic E-state index is -0.920. The van der Waals surface area contributed by atoms with Gasteiger partial charge in [0, 0.05) is 23.9 Å². The predicted molar refractivity (Wildman–Crippen MR) is 143 cm³/mol. The van der Waals surface area contributed by atoms with Crippen LogP contribution in [0.3, 0.4) is 0 Å². The molecule has 4 nitrogen and oxygen atoms in total. The largest absolute Gasteiger partial charge is 0.497 e. The Labute approximate surface area is 207 Å². The Bertz CT molecular complexity index is 1090. The summed E-state index contributed by atoms with van der Waals surface area (Å²) in [6.45, 7) is 14.1. The SMILES string of the molecule is C=CCCCN(SC)c1c(C)c(CC(=O)O)c(-c2ccc(OC)cc2)c(C)c1C(=C)/C(F)=C\C. The summed E-state index contributed by atoms with van der Waals surface area (Å²) in [6, 6.07) is 7.49. The van der Waals surface area contributed by atoms with Gasteiger partial charge in [0.2, 0.25) is 0 Å². The van der Waals surface area contributed by atoms with Crippen LogP contribution in [0.25, 0.3) is 16.7 Å². The summed E-state index contributed by atoms with van der Waals surface area (Å²) in [7, 11) is 1.60. The molecule has 0 saturated heterocycles. The molecular weight excluding hydrogens is 449 g/mol. The van der Waals surface area contributed by atoms with Gasteiger partial charge in [-0.15, -0.1) is 6.58 Å². The number of benzene rings is 2. The average Bonchev–Trinajstić information content (AvgIpc) is 2.83. The molecule has 0 fully saturated rings. The van der Waals surface area contributed by atoms with Gasteiger partial charge in [0.05, 0.1) is 19.2 Å². The summed E-state index contributed by atoms with van der Waals surface area (Å²) < 4.78 is 22.3. The zero-order chi connectivity index (χ0) is 25.4. The van der Waals surface area contributed by atoms with Crippen molar-refractivity contribution in [3.63, 3.8) is 0 Å². The van der Waals surface area contributed by atoms with Crippen molar-refractivity contribution < 1.29 is 19.0 Å². The van der Waals surface area contributed by atoms with Crippen LogP contribution in [0.1, 0.15) is 42.0 Å². The quantitative estimate of drug-likeness (QED) is 0.146. The van der Waals surface area contributed by atoms with Crippen LogP contribution >= 0.6 is 11.9 Å². The third kappa shape index (κ3) is 5.92. The highest BCUT2D eigenvalue weighted by Gasteiger charge is 2.27. The molecule has 182 valence electrons. The zero-order valence-corrected chi connectivity index (χ0v) is 21.5. The van der Waals surface area contributed by atoms with Crippen molar-refractivity contribution >= 4 is 29.2 Å². The van der Waals surface area contributed by atoms with E-state index in [-0.39, 0.29) is 12.0 Å². The van der Waals surface area contributed by atoms with Crippen molar-refractivity contribution in [2.45, 2.75) is 40.0 Å². The number of allylic oxidation sites excluding steroid dienone is 4. The molecule has 0 bridgehead atoms. The summed E-state index contributed by atoms with van der Waals surface area (Å²) in [4.78, 5) is 11.9. The van der Waals surface area contributed by atoms with Crippen LogP contribution in [-0.4, -0.2) is 31.0 Å². The van der Waals surface area contributed by atoms with Crippen molar-refractivity contribution in [1.82, 2.24) is 0 Å². The molecule has 0 atom stereocenters. The smallest absolute Gasteiger partial charge is 0.307 e. The fraction of sp³-hybridized carbons (Fsp3) is 0.321. The van der Waals surface area contributed by atoms with E-state index in [0.717, 1.165) is 40.8 Å². The van der Waals surface area contributed by atoms with Gasteiger partial charge in [-0.25, -0.2) is 4.39 Å². The highest BCUT2D eigenvalue weighted by molar-refractivity contribution is 8.00. The Balaban J connectivity index is 2.95. The first-order chi connectivity index (χ1) is 16.2. The molecule has 2 aromatic carbocycles. The van der Waals surface area contributed by atoms with Crippen LogP contribution in [-0.2, 0) is 11.2 Å². The van der Waals surface area contributed by atoms with E-state index in [1.165, 1.54) is 18.0 Å². The number of methoxy groups -OCH3 is 1. The van der Waals surface area contributed by atoms with Crippen LogP contribution in [0, 0.1) is 13.8 Å². The molecule has 0 unspecified atom stereocenters. The Kier molecular flexibility index (Phi) is 9.99. The van der Waals surface area contributed by atoms with Crippen molar-refractivity contribution in [2.75, 3.05) is 24.2 Å². The van der Waals surface area contributed by atoms with Crippen molar-refractivity contribution in [2.24, 2.45) is 0 Å². The normalized spacial score (nSPS) is 11.3.